The molecule has 1 aromatic carbocycles. The molecule has 0 spiro atoms. The van der Waals surface area contributed by atoms with Gasteiger partial charge in [-0.05, 0) is 24.5 Å². The van der Waals surface area contributed by atoms with Crippen molar-refractivity contribution in [1.82, 2.24) is 9.13 Å². The van der Waals surface area contributed by atoms with Gasteiger partial charge in [0, 0.05) is 20.5 Å². The van der Waals surface area contributed by atoms with Gasteiger partial charge in [0.15, 0.2) is 0 Å². The first-order chi connectivity index (χ1) is 8.02. The zero-order valence-corrected chi connectivity index (χ0v) is 10.1. The van der Waals surface area contributed by atoms with Gasteiger partial charge in [0.05, 0.1) is 16.6 Å². The summed E-state index contributed by atoms with van der Waals surface area (Å²) in [6.45, 7) is 0. The van der Waals surface area contributed by atoms with Crippen LogP contribution in [0.1, 0.15) is 18.4 Å². The molecule has 0 amide bonds. The highest BCUT2D eigenvalue weighted by molar-refractivity contribution is 5.80. The van der Waals surface area contributed by atoms with Crippen LogP contribution in [0.15, 0.2) is 23.0 Å². The van der Waals surface area contributed by atoms with Crippen molar-refractivity contribution in [3.8, 4) is 0 Å². The Balaban J connectivity index is 2.25. The van der Waals surface area contributed by atoms with E-state index in [9.17, 15) is 9.90 Å². The van der Waals surface area contributed by atoms with Gasteiger partial charge in [-0.3, -0.25) is 9.13 Å². The van der Waals surface area contributed by atoms with Gasteiger partial charge in [0.2, 0.25) is 0 Å². The molecule has 1 aromatic heterocycles. The first kappa shape index (κ1) is 10.6. The van der Waals surface area contributed by atoms with Crippen LogP contribution in [0.4, 0.5) is 0 Å². The summed E-state index contributed by atoms with van der Waals surface area (Å²) < 4.78 is 3.31. The fourth-order valence-corrected chi connectivity index (χ4v) is 2.48. The maximum Gasteiger partial charge on any atom is 0.328 e. The summed E-state index contributed by atoms with van der Waals surface area (Å²) in [6, 6.07) is 5.89. The highest BCUT2D eigenvalue weighted by Crippen LogP contribution is 2.39. The molecule has 3 rings (SSSR count). The summed E-state index contributed by atoms with van der Waals surface area (Å²) in [4.78, 5) is 11.9. The second-order valence-electron chi connectivity index (χ2n) is 5.09. The molecule has 0 bridgehead atoms. The molecule has 0 radical (unpaired) electrons. The summed E-state index contributed by atoms with van der Waals surface area (Å²) in [7, 11) is 3.56. The third-order valence-electron chi connectivity index (χ3n) is 3.72. The van der Waals surface area contributed by atoms with Crippen molar-refractivity contribution < 1.29 is 5.11 Å². The highest BCUT2D eigenvalue weighted by Gasteiger charge is 2.40. The lowest BCUT2D eigenvalue weighted by atomic mass is 10.0. The van der Waals surface area contributed by atoms with Gasteiger partial charge < -0.3 is 5.11 Å². The Kier molecular flexibility index (Phi) is 2.01. The predicted octanol–water partition coefficient (Wildman–Crippen LogP) is 0.944. The molecule has 0 atom stereocenters. The molecule has 90 valence electrons. The van der Waals surface area contributed by atoms with E-state index >= 15 is 0 Å². The van der Waals surface area contributed by atoms with Gasteiger partial charge in [0.1, 0.15) is 0 Å². The van der Waals surface area contributed by atoms with E-state index in [0.717, 1.165) is 29.4 Å². The summed E-state index contributed by atoms with van der Waals surface area (Å²) in [5.74, 6) is 0. The summed E-state index contributed by atoms with van der Waals surface area (Å²) >= 11 is 0. The Morgan fingerprint density at radius 3 is 2.65 bits per heavy atom. The Morgan fingerprint density at radius 1 is 1.29 bits per heavy atom. The largest absolute Gasteiger partial charge is 0.390 e. The number of rotatable bonds is 2. The van der Waals surface area contributed by atoms with E-state index in [2.05, 4.69) is 0 Å². The average Bonchev–Trinajstić information content (AvgIpc) is 2.98. The molecule has 1 heterocycles. The fourth-order valence-electron chi connectivity index (χ4n) is 2.48. The normalized spacial score (nSPS) is 17.6. The van der Waals surface area contributed by atoms with Crippen LogP contribution in [0.3, 0.4) is 0 Å². The SMILES string of the molecule is Cn1c(=O)n(C)c2c(CC3(O)CC3)cccc21. The molecule has 0 aliphatic heterocycles. The Labute approximate surface area is 99.1 Å². The summed E-state index contributed by atoms with van der Waals surface area (Å²) in [6.07, 6.45) is 2.37. The van der Waals surface area contributed by atoms with Crippen LogP contribution in [0.2, 0.25) is 0 Å². The van der Waals surface area contributed by atoms with E-state index in [1.807, 2.05) is 18.2 Å². The number of aryl methyl sites for hydroxylation is 2. The van der Waals surface area contributed by atoms with E-state index in [-0.39, 0.29) is 5.69 Å². The lowest BCUT2D eigenvalue weighted by Crippen LogP contribution is -2.19. The molecule has 0 saturated heterocycles. The monoisotopic (exact) mass is 232 g/mol. The number of imidazole rings is 1. The lowest BCUT2D eigenvalue weighted by molar-refractivity contribution is 0.151. The number of hydrogen-bond acceptors (Lipinski definition) is 2. The molecule has 1 aliphatic rings. The summed E-state index contributed by atoms with van der Waals surface area (Å²) in [5.41, 5.74) is 2.39. The number of aromatic nitrogens is 2. The minimum absolute atomic E-state index is 0.0183. The third kappa shape index (κ3) is 1.52. The number of nitrogens with zero attached hydrogens (tertiary/aromatic N) is 2. The van der Waals surface area contributed by atoms with E-state index in [1.165, 1.54) is 0 Å². The topological polar surface area (TPSA) is 47.2 Å². The van der Waals surface area contributed by atoms with Gasteiger partial charge >= 0.3 is 5.69 Å². The quantitative estimate of drug-likeness (QED) is 0.837. The van der Waals surface area contributed by atoms with Crippen LogP contribution < -0.4 is 5.69 Å². The van der Waals surface area contributed by atoms with Crippen LogP contribution in [-0.2, 0) is 20.5 Å². The van der Waals surface area contributed by atoms with Crippen LogP contribution in [0, 0.1) is 0 Å². The molecule has 1 fully saturated rings. The minimum atomic E-state index is -0.528. The zero-order valence-electron chi connectivity index (χ0n) is 10.1. The first-order valence-corrected chi connectivity index (χ1v) is 5.87. The van der Waals surface area contributed by atoms with Gasteiger partial charge in [0.25, 0.3) is 0 Å². The highest BCUT2D eigenvalue weighted by atomic mass is 16.3. The van der Waals surface area contributed by atoms with Crippen molar-refractivity contribution >= 4 is 11.0 Å². The van der Waals surface area contributed by atoms with Crippen molar-refractivity contribution in [3.63, 3.8) is 0 Å². The molecule has 1 N–H and O–H groups in total. The molecule has 2 aromatic rings. The standard InChI is InChI=1S/C13H16N2O2/c1-14-10-5-3-4-9(8-13(17)6-7-13)11(10)15(2)12(14)16/h3-5,17H,6-8H2,1-2H3. The van der Waals surface area contributed by atoms with Crippen molar-refractivity contribution in [2.45, 2.75) is 24.9 Å². The molecule has 17 heavy (non-hydrogen) atoms. The second kappa shape index (κ2) is 3.23. The van der Waals surface area contributed by atoms with Crippen molar-refractivity contribution in [2.75, 3.05) is 0 Å². The van der Waals surface area contributed by atoms with Crippen molar-refractivity contribution in [2.24, 2.45) is 14.1 Å². The van der Waals surface area contributed by atoms with Crippen LogP contribution in [-0.4, -0.2) is 19.8 Å². The maximum absolute atomic E-state index is 11.9. The van der Waals surface area contributed by atoms with Crippen molar-refractivity contribution in [3.05, 3.63) is 34.2 Å². The molecular formula is C13H16N2O2. The van der Waals surface area contributed by atoms with Gasteiger partial charge in [-0.2, -0.15) is 0 Å². The summed E-state index contributed by atoms with van der Waals surface area (Å²) in [5, 5.41) is 10.0. The van der Waals surface area contributed by atoms with Crippen LogP contribution >= 0.6 is 0 Å². The fraction of sp³-hybridized carbons (Fsp3) is 0.462. The Hall–Kier alpha value is -1.55. The number of fused-ring (bicyclic) bond motifs is 1. The molecule has 4 nitrogen and oxygen atoms in total. The number of aliphatic hydroxyl groups is 1. The Morgan fingerprint density at radius 2 is 2.00 bits per heavy atom. The van der Waals surface area contributed by atoms with Crippen molar-refractivity contribution in [1.29, 1.82) is 0 Å². The molecule has 0 unspecified atom stereocenters. The number of hydrogen-bond donors (Lipinski definition) is 1. The van der Waals surface area contributed by atoms with Crippen LogP contribution in [0.5, 0.6) is 0 Å². The molecule has 1 saturated carbocycles. The number of benzene rings is 1. The predicted molar refractivity (Wildman–Crippen MR) is 66.0 cm³/mol. The lowest BCUT2D eigenvalue weighted by Gasteiger charge is -2.09. The van der Waals surface area contributed by atoms with E-state index in [4.69, 9.17) is 0 Å². The smallest absolute Gasteiger partial charge is 0.328 e. The van der Waals surface area contributed by atoms with E-state index in [0.29, 0.717) is 6.42 Å². The maximum atomic E-state index is 11.9. The van der Waals surface area contributed by atoms with Crippen LogP contribution in [0.25, 0.3) is 11.0 Å². The number of para-hydroxylation sites is 1. The van der Waals surface area contributed by atoms with Gasteiger partial charge in [-0.15, -0.1) is 0 Å². The minimum Gasteiger partial charge on any atom is -0.390 e. The van der Waals surface area contributed by atoms with E-state index < -0.39 is 5.60 Å². The average molecular weight is 232 g/mol. The third-order valence-corrected chi connectivity index (χ3v) is 3.72. The first-order valence-electron chi connectivity index (χ1n) is 5.87. The Bertz CT molecular complexity index is 647. The van der Waals surface area contributed by atoms with Gasteiger partial charge in [-0.25, -0.2) is 4.79 Å². The second-order valence-corrected chi connectivity index (χ2v) is 5.09. The molecule has 1 aliphatic carbocycles. The molecule has 4 heteroatoms. The van der Waals surface area contributed by atoms with Gasteiger partial charge in [-0.1, -0.05) is 12.1 Å². The molecular weight excluding hydrogens is 216 g/mol. The van der Waals surface area contributed by atoms with E-state index in [1.54, 1.807) is 23.2 Å². The zero-order chi connectivity index (χ0) is 12.2.